The number of nitrogens with one attached hydrogen (secondary N) is 1. The second-order valence-electron chi connectivity index (χ2n) is 4.70. The third-order valence-corrected chi connectivity index (χ3v) is 4.59. The second-order valence-corrected chi connectivity index (χ2v) is 6.45. The van der Waals surface area contributed by atoms with Crippen LogP contribution in [0.4, 0.5) is 0 Å². The van der Waals surface area contributed by atoms with Gasteiger partial charge in [0.05, 0.1) is 17.4 Å². The van der Waals surface area contributed by atoms with Crippen molar-refractivity contribution >= 4 is 10.0 Å². The molecule has 1 saturated carbocycles. The molecule has 1 aliphatic rings. The quantitative estimate of drug-likeness (QED) is 0.881. The van der Waals surface area contributed by atoms with Crippen LogP contribution in [0.25, 0.3) is 0 Å². The van der Waals surface area contributed by atoms with E-state index in [2.05, 4.69) is 11.6 Å². The molecule has 2 atom stereocenters. The van der Waals surface area contributed by atoms with E-state index < -0.39 is 10.0 Å². The summed E-state index contributed by atoms with van der Waals surface area (Å²) < 4.78 is 26.5. The Morgan fingerprint density at radius 1 is 1.39 bits per heavy atom. The van der Waals surface area contributed by atoms with Crippen molar-refractivity contribution in [2.45, 2.75) is 31.6 Å². The van der Waals surface area contributed by atoms with E-state index in [4.69, 9.17) is 5.26 Å². The summed E-state index contributed by atoms with van der Waals surface area (Å²) in [4.78, 5) is 0. The van der Waals surface area contributed by atoms with Crippen molar-refractivity contribution in [1.82, 2.24) is 4.72 Å². The van der Waals surface area contributed by atoms with Crippen LogP contribution in [0.1, 0.15) is 30.9 Å². The molecule has 0 radical (unpaired) electrons. The Kier molecular flexibility index (Phi) is 3.69. The van der Waals surface area contributed by atoms with Gasteiger partial charge in [-0.2, -0.15) is 5.26 Å². The predicted octanol–water partition coefficient (Wildman–Crippen LogP) is 1.78. The van der Waals surface area contributed by atoms with Gasteiger partial charge in [-0.25, -0.2) is 13.1 Å². The van der Waals surface area contributed by atoms with Gasteiger partial charge in [0.25, 0.3) is 0 Å². The molecule has 0 spiro atoms. The lowest BCUT2D eigenvalue weighted by Gasteiger charge is -2.06. The fourth-order valence-corrected chi connectivity index (χ4v) is 3.47. The van der Waals surface area contributed by atoms with Gasteiger partial charge in [0, 0.05) is 6.04 Å². The van der Waals surface area contributed by atoms with E-state index in [-0.39, 0.29) is 11.8 Å². The molecule has 1 fully saturated rings. The molecule has 0 aromatic heterocycles. The van der Waals surface area contributed by atoms with Gasteiger partial charge in [0.2, 0.25) is 10.0 Å². The maximum absolute atomic E-state index is 11.9. The molecule has 2 rings (SSSR count). The minimum Gasteiger partial charge on any atom is -0.212 e. The van der Waals surface area contributed by atoms with Crippen molar-refractivity contribution < 1.29 is 8.42 Å². The average Bonchev–Trinajstić information content (AvgIpc) is 3.07. The lowest BCUT2D eigenvalue weighted by atomic mass is 10.2. The highest BCUT2D eigenvalue weighted by Gasteiger charge is 2.38. The molecular weight excluding hydrogens is 248 g/mol. The molecule has 1 aliphatic carbocycles. The fraction of sp³-hybridized carbons (Fsp3) is 0.462. The summed E-state index contributed by atoms with van der Waals surface area (Å²) in [5.74, 6) is 0.479. The first-order valence-electron chi connectivity index (χ1n) is 6.03. The Morgan fingerprint density at radius 2 is 2.06 bits per heavy atom. The zero-order valence-electron chi connectivity index (χ0n) is 10.3. The van der Waals surface area contributed by atoms with E-state index in [0.29, 0.717) is 17.0 Å². The molecule has 96 valence electrons. The monoisotopic (exact) mass is 264 g/mol. The van der Waals surface area contributed by atoms with Gasteiger partial charge in [-0.05, 0) is 30.0 Å². The van der Waals surface area contributed by atoms with E-state index in [1.54, 1.807) is 24.3 Å². The van der Waals surface area contributed by atoms with Crippen molar-refractivity contribution in [2.24, 2.45) is 5.92 Å². The van der Waals surface area contributed by atoms with Crippen molar-refractivity contribution in [2.75, 3.05) is 0 Å². The number of hydrogen-bond donors (Lipinski definition) is 1. The summed E-state index contributed by atoms with van der Waals surface area (Å²) in [5, 5.41) is 8.66. The minimum absolute atomic E-state index is 0.0222. The van der Waals surface area contributed by atoms with Gasteiger partial charge in [-0.15, -0.1) is 0 Å². The smallest absolute Gasteiger partial charge is 0.212 e. The molecule has 0 bridgehead atoms. The van der Waals surface area contributed by atoms with Crippen LogP contribution in [0.2, 0.25) is 0 Å². The first-order valence-corrected chi connectivity index (χ1v) is 7.68. The topological polar surface area (TPSA) is 70.0 Å². The maximum Gasteiger partial charge on any atom is 0.216 e. The lowest BCUT2D eigenvalue weighted by molar-refractivity contribution is 0.575. The van der Waals surface area contributed by atoms with Gasteiger partial charge >= 0.3 is 0 Å². The van der Waals surface area contributed by atoms with Crippen LogP contribution < -0.4 is 4.72 Å². The van der Waals surface area contributed by atoms with Crippen LogP contribution in [-0.2, 0) is 15.8 Å². The second kappa shape index (κ2) is 5.09. The number of benzene rings is 1. The molecule has 1 N–H and O–H groups in total. The highest BCUT2D eigenvalue weighted by Crippen LogP contribution is 2.33. The molecule has 1 aromatic rings. The van der Waals surface area contributed by atoms with Crippen molar-refractivity contribution in [3.05, 3.63) is 35.4 Å². The molecule has 1 aromatic carbocycles. The highest BCUT2D eigenvalue weighted by atomic mass is 32.2. The Balaban J connectivity index is 1.97. The number of sulfonamides is 1. The van der Waals surface area contributed by atoms with E-state index in [1.807, 2.05) is 6.07 Å². The Morgan fingerprint density at radius 3 is 2.56 bits per heavy atom. The highest BCUT2D eigenvalue weighted by molar-refractivity contribution is 7.88. The van der Waals surface area contributed by atoms with Crippen LogP contribution in [0.5, 0.6) is 0 Å². The van der Waals surface area contributed by atoms with Crippen molar-refractivity contribution in [1.29, 1.82) is 5.26 Å². The third-order valence-electron chi connectivity index (χ3n) is 3.22. The molecule has 4 nitrogen and oxygen atoms in total. The first-order chi connectivity index (χ1) is 8.54. The molecule has 2 unspecified atom stereocenters. The fourth-order valence-electron chi connectivity index (χ4n) is 2.01. The number of nitrogens with zero attached hydrogens (tertiary/aromatic N) is 1. The van der Waals surface area contributed by atoms with Gasteiger partial charge < -0.3 is 0 Å². The number of rotatable bonds is 5. The Bertz CT molecular complexity index is 558. The van der Waals surface area contributed by atoms with Gasteiger partial charge in [0.1, 0.15) is 0 Å². The van der Waals surface area contributed by atoms with Crippen LogP contribution >= 0.6 is 0 Å². The molecule has 5 heteroatoms. The normalized spacial score (nSPS) is 22.4. The number of hydrogen-bond acceptors (Lipinski definition) is 3. The summed E-state index contributed by atoms with van der Waals surface area (Å²) in [6.07, 6.45) is 1.97. The minimum atomic E-state index is -3.27. The standard InChI is InChI=1S/C13H16N2O2S/c1-2-12-7-13(12)15-18(16,17)9-11-5-3-10(8-14)4-6-11/h3-6,12-13,15H,2,7,9H2,1H3. The third kappa shape index (κ3) is 3.31. The van der Waals surface area contributed by atoms with E-state index in [9.17, 15) is 8.42 Å². The lowest BCUT2D eigenvalue weighted by Crippen LogP contribution is -2.28. The summed E-state index contributed by atoms with van der Waals surface area (Å²) in [5.41, 5.74) is 1.24. The Labute approximate surface area is 108 Å². The Hall–Kier alpha value is -1.38. The summed E-state index contributed by atoms with van der Waals surface area (Å²) in [6.45, 7) is 2.07. The van der Waals surface area contributed by atoms with Crippen LogP contribution in [0.3, 0.4) is 0 Å². The van der Waals surface area contributed by atoms with E-state index >= 15 is 0 Å². The molecule has 18 heavy (non-hydrogen) atoms. The van der Waals surface area contributed by atoms with Crippen LogP contribution in [0.15, 0.2) is 24.3 Å². The summed E-state index contributed by atoms with van der Waals surface area (Å²) in [7, 11) is -3.27. The summed E-state index contributed by atoms with van der Waals surface area (Å²) in [6, 6.07) is 8.77. The predicted molar refractivity (Wildman–Crippen MR) is 69.1 cm³/mol. The van der Waals surface area contributed by atoms with Crippen LogP contribution in [0, 0.1) is 17.2 Å². The average molecular weight is 264 g/mol. The SMILES string of the molecule is CCC1CC1NS(=O)(=O)Cc1ccc(C#N)cc1. The molecule has 0 aliphatic heterocycles. The summed E-state index contributed by atoms with van der Waals surface area (Å²) >= 11 is 0. The molecule has 0 heterocycles. The zero-order chi connectivity index (χ0) is 13.2. The molecular formula is C13H16N2O2S. The van der Waals surface area contributed by atoms with Gasteiger partial charge in [-0.1, -0.05) is 25.5 Å². The van der Waals surface area contributed by atoms with E-state index in [0.717, 1.165) is 12.8 Å². The molecule has 0 amide bonds. The van der Waals surface area contributed by atoms with Crippen molar-refractivity contribution in [3.8, 4) is 6.07 Å². The van der Waals surface area contributed by atoms with Crippen molar-refractivity contribution in [3.63, 3.8) is 0 Å². The first kappa shape index (κ1) is 13.1. The largest absolute Gasteiger partial charge is 0.216 e. The van der Waals surface area contributed by atoms with Crippen LogP contribution in [-0.4, -0.2) is 14.5 Å². The number of nitriles is 1. The molecule has 0 saturated heterocycles. The van der Waals surface area contributed by atoms with E-state index in [1.165, 1.54) is 0 Å². The zero-order valence-corrected chi connectivity index (χ0v) is 11.1. The van der Waals surface area contributed by atoms with Gasteiger partial charge in [0.15, 0.2) is 0 Å². The van der Waals surface area contributed by atoms with Gasteiger partial charge in [-0.3, -0.25) is 0 Å². The maximum atomic E-state index is 11.9.